The molecule has 5 fully saturated rings. The van der Waals surface area contributed by atoms with Crippen LogP contribution in [0.15, 0.2) is 0 Å². The third kappa shape index (κ3) is 4.03. The summed E-state index contributed by atoms with van der Waals surface area (Å²) in [5.41, 5.74) is -0.551. The second kappa shape index (κ2) is 7.51. The maximum absolute atomic E-state index is 13.0. The van der Waals surface area contributed by atoms with Crippen molar-refractivity contribution < 1.29 is 19.1 Å². The smallest absolute Gasteiger partial charge is 0.321 e. The van der Waals surface area contributed by atoms with Gasteiger partial charge >= 0.3 is 12.0 Å². The number of rotatable bonds is 4. The molecular formula is C21H31ClN2O4. The molecule has 7 heteroatoms. The van der Waals surface area contributed by atoms with E-state index in [1.165, 1.54) is 13.3 Å². The van der Waals surface area contributed by atoms with Crippen molar-refractivity contribution in [3.05, 3.63) is 0 Å². The summed E-state index contributed by atoms with van der Waals surface area (Å²) in [7, 11) is 0. The van der Waals surface area contributed by atoms with Gasteiger partial charge in [-0.1, -0.05) is 19.3 Å². The lowest BCUT2D eigenvalue weighted by Gasteiger charge is -2.58. The minimum absolute atomic E-state index is 0.117. The highest BCUT2D eigenvalue weighted by molar-refractivity contribution is 6.24. The number of alkyl halides is 1. The largest absolute Gasteiger partial charge is 0.452 e. The van der Waals surface area contributed by atoms with Crippen LogP contribution in [-0.2, 0) is 14.3 Å². The summed E-state index contributed by atoms with van der Waals surface area (Å²) in [6.07, 6.45) is 9.66. The Morgan fingerprint density at radius 2 is 1.68 bits per heavy atom. The van der Waals surface area contributed by atoms with Gasteiger partial charge in [-0.15, -0.1) is 11.6 Å². The van der Waals surface area contributed by atoms with Crippen LogP contribution in [0.1, 0.15) is 77.6 Å². The highest BCUT2D eigenvalue weighted by atomic mass is 35.5. The molecule has 5 aliphatic carbocycles. The predicted molar refractivity (Wildman–Crippen MR) is 105 cm³/mol. The highest BCUT2D eigenvalue weighted by Gasteiger charge is 2.61. The Hall–Kier alpha value is -1.30. The summed E-state index contributed by atoms with van der Waals surface area (Å²) >= 11 is 6.79. The molecule has 0 saturated heterocycles. The van der Waals surface area contributed by atoms with Crippen LogP contribution in [0.4, 0.5) is 4.79 Å². The number of hydrogen-bond acceptors (Lipinski definition) is 4. The lowest BCUT2D eigenvalue weighted by Crippen LogP contribution is -2.57. The molecule has 0 heterocycles. The molecule has 0 aromatic rings. The third-order valence-electron chi connectivity index (χ3n) is 7.25. The molecular weight excluding hydrogens is 380 g/mol. The van der Waals surface area contributed by atoms with Crippen LogP contribution in [0.2, 0.25) is 0 Å². The van der Waals surface area contributed by atoms with Crippen molar-refractivity contribution in [2.75, 3.05) is 0 Å². The number of nitrogens with one attached hydrogen (secondary N) is 2. The number of ether oxygens (including phenoxy) is 1. The van der Waals surface area contributed by atoms with Crippen LogP contribution >= 0.6 is 11.6 Å². The van der Waals surface area contributed by atoms with E-state index in [2.05, 4.69) is 10.6 Å². The average molecular weight is 411 g/mol. The molecule has 0 aromatic carbocycles. The van der Waals surface area contributed by atoms with Crippen LogP contribution in [0, 0.1) is 17.3 Å². The molecule has 2 N–H and O–H groups in total. The molecule has 0 spiro atoms. The fourth-order valence-electron chi connectivity index (χ4n) is 6.41. The molecule has 5 atom stereocenters. The van der Waals surface area contributed by atoms with Crippen LogP contribution in [0.3, 0.4) is 0 Å². The molecule has 4 bridgehead atoms. The van der Waals surface area contributed by atoms with Crippen LogP contribution < -0.4 is 10.6 Å². The first kappa shape index (κ1) is 20.0. The first-order valence-electron chi connectivity index (χ1n) is 10.8. The number of hydrogen-bond donors (Lipinski definition) is 2. The van der Waals surface area contributed by atoms with Gasteiger partial charge in [-0.25, -0.2) is 4.79 Å². The average Bonchev–Trinajstić information content (AvgIpc) is 2.60. The first-order chi connectivity index (χ1) is 13.3. The molecule has 0 aromatic heterocycles. The zero-order chi connectivity index (χ0) is 19.9. The van der Waals surface area contributed by atoms with Gasteiger partial charge in [0.15, 0.2) is 6.10 Å². The molecule has 5 saturated carbocycles. The molecule has 0 aliphatic heterocycles. The van der Waals surface area contributed by atoms with E-state index in [4.69, 9.17) is 16.3 Å². The summed E-state index contributed by atoms with van der Waals surface area (Å²) < 4.78 is 5.54. The van der Waals surface area contributed by atoms with Crippen molar-refractivity contribution in [2.24, 2.45) is 17.3 Å². The van der Waals surface area contributed by atoms with Crippen molar-refractivity contribution >= 4 is 29.5 Å². The Labute approximate surface area is 171 Å². The van der Waals surface area contributed by atoms with E-state index in [0.717, 1.165) is 57.8 Å². The van der Waals surface area contributed by atoms with Crippen LogP contribution in [0.5, 0.6) is 0 Å². The van der Waals surface area contributed by atoms with Gasteiger partial charge in [-0.3, -0.25) is 14.9 Å². The maximum Gasteiger partial charge on any atom is 0.321 e. The predicted octanol–water partition coefficient (Wildman–Crippen LogP) is 3.65. The molecule has 0 radical (unpaired) electrons. The fraction of sp³-hybridized carbons (Fsp3) is 0.857. The Morgan fingerprint density at radius 3 is 2.29 bits per heavy atom. The Morgan fingerprint density at radius 1 is 1.04 bits per heavy atom. The lowest BCUT2D eigenvalue weighted by atomic mass is 9.49. The Kier molecular flexibility index (Phi) is 5.36. The van der Waals surface area contributed by atoms with Gasteiger partial charge < -0.3 is 10.1 Å². The Balaban J connectivity index is 1.30. The molecule has 3 amide bonds. The van der Waals surface area contributed by atoms with Gasteiger partial charge in [-0.05, 0) is 70.1 Å². The van der Waals surface area contributed by atoms with Crippen molar-refractivity contribution in [2.45, 2.75) is 94.6 Å². The summed E-state index contributed by atoms with van der Waals surface area (Å²) in [6.45, 7) is 1.53. The van der Waals surface area contributed by atoms with E-state index in [9.17, 15) is 14.4 Å². The normalized spacial score (nSPS) is 37.9. The van der Waals surface area contributed by atoms with Crippen molar-refractivity contribution in [1.82, 2.24) is 10.6 Å². The molecule has 5 rings (SSSR count). The van der Waals surface area contributed by atoms with Gasteiger partial charge in [0, 0.05) is 10.9 Å². The molecule has 2 unspecified atom stereocenters. The van der Waals surface area contributed by atoms with Crippen molar-refractivity contribution in [1.29, 1.82) is 0 Å². The number of halogens is 1. The van der Waals surface area contributed by atoms with Gasteiger partial charge in [0.1, 0.15) is 0 Å². The fourth-order valence-corrected chi connectivity index (χ4v) is 7.10. The van der Waals surface area contributed by atoms with E-state index in [1.807, 2.05) is 0 Å². The second-order valence-corrected chi connectivity index (χ2v) is 10.5. The van der Waals surface area contributed by atoms with Crippen LogP contribution in [-0.4, -0.2) is 34.9 Å². The summed E-state index contributed by atoms with van der Waals surface area (Å²) in [6, 6.07) is -0.388. The van der Waals surface area contributed by atoms with E-state index in [0.29, 0.717) is 18.3 Å². The van der Waals surface area contributed by atoms with E-state index in [1.54, 1.807) is 0 Å². The lowest BCUT2D eigenvalue weighted by molar-refractivity contribution is -0.177. The monoisotopic (exact) mass is 410 g/mol. The zero-order valence-corrected chi connectivity index (χ0v) is 17.4. The van der Waals surface area contributed by atoms with Gasteiger partial charge in [-0.2, -0.15) is 0 Å². The number of imide groups is 1. The molecule has 156 valence electrons. The quantitative estimate of drug-likeness (QED) is 0.547. The molecule has 6 nitrogen and oxygen atoms in total. The third-order valence-corrected chi connectivity index (χ3v) is 7.70. The first-order valence-corrected chi connectivity index (χ1v) is 11.2. The van der Waals surface area contributed by atoms with E-state index < -0.39 is 23.5 Å². The number of carbonyl (C=O) groups is 3. The zero-order valence-electron chi connectivity index (χ0n) is 16.6. The Bertz CT molecular complexity index is 647. The maximum atomic E-state index is 13.0. The topological polar surface area (TPSA) is 84.5 Å². The molecule has 5 aliphatic rings. The second-order valence-electron chi connectivity index (χ2n) is 9.74. The van der Waals surface area contributed by atoms with Crippen molar-refractivity contribution in [3.8, 4) is 0 Å². The van der Waals surface area contributed by atoms with Gasteiger partial charge in [0.05, 0.1) is 5.41 Å². The highest BCUT2D eigenvalue weighted by Crippen LogP contribution is 2.64. The van der Waals surface area contributed by atoms with Crippen LogP contribution in [0.25, 0.3) is 0 Å². The van der Waals surface area contributed by atoms with E-state index in [-0.39, 0.29) is 16.9 Å². The van der Waals surface area contributed by atoms with Gasteiger partial charge in [0.2, 0.25) is 0 Å². The van der Waals surface area contributed by atoms with Crippen molar-refractivity contribution in [3.63, 3.8) is 0 Å². The minimum Gasteiger partial charge on any atom is -0.452 e. The van der Waals surface area contributed by atoms with E-state index >= 15 is 0 Å². The molecule has 28 heavy (non-hydrogen) atoms. The summed E-state index contributed by atoms with van der Waals surface area (Å²) in [4.78, 5) is 37.1. The number of amides is 3. The number of carbonyl (C=O) groups excluding carboxylic acids is 3. The minimum atomic E-state index is -0.996. The SMILES string of the molecule is C[C@@H](OC(=O)C12C[C@@H]3C[C@@H](CC(Cl)(C3)C1)C2)C(=O)NC(=O)NC1CCCCC1. The number of esters is 1. The standard InChI is InChI=1S/C21H31ClN2O4/c1-13(17(25)24-19(27)23-16-5-3-2-4-6-16)28-18(26)20-8-14-7-15(9-20)11-21(22,10-14)12-20/h13-16H,2-12H2,1H3,(H2,23,24,25,27)/t13-,14-,15+,20?,21?/m1/s1. The summed E-state index contributed by atoms with van der Waals surface area (Å²) in [5, 5.41) is 5.16. The van der Waals surface area contributed by atoms with Gasteiger partial charge in [0.25, 0.3) is 5.91 Å². The summed E-state index contributed by atoms with van der Waals surface area (Å²) in [5.74, 6) is 0.0716. The number of urea groups is 1.